The first-order valence-electron chi connectivity index (χ1n) is 8.31. The van der Waals surface area contributed by atoms with Crippen molar-refractivity contribution in [2.75, 3.05) is 17.4 Å². The van der Waals surface area contributed by atoms with Crippen molar-refractivity contribution in [3.05, 3.63) is 75.8 Å². The normalized spacial score (nSPS) is 20.0. The summed E-state index contributed by atoms with van der Waals surface area (Å²) in [5.74, 6) is 0.448. The lowest BCUT2D eigenvalue weighted by Gasteiger charge is -2.42. The molecule has 1 saturated heterocycles. The number of halogens is 1. The molecule has 2 aliphatic heterocycles. The number of hydrogen-bond donors (Lipinski definition) is 0. The van der Waals surface area contributed by atoms with Crippen molar-refractivity contribution in [1.82, 2.24) is 4.90 Å². The Kier molecular flexibility index (Phi) is 4.62. The Morgan fingerprint density at radius 2 is 1.85 bits per heavy atom. The van der Waals surface area contributed by atoms with Gasteiger partial charge in [-0.15, -0.1) is 0 Å². The number of carbonyl (C=O) groups excluding carboxylic acids is 1. The van der Waals surface area contributed by atoms with Crippen LogP contribution in [0.3, 0.4) is 0 Å². The maximum atomic E-state index is 12.9. The number of nitriles is 1. The second kappa shape index (κ2) is 7.06. The number of hydrogen-bond acceptors (Lipinski definition) is 4. The first kappa shape index (κ1) is 17.0. The summed E-state index contributed by atoms with van der Waals surface area (Å²) in [6, 6.07) is 19.8. The quantitative estimate of drug-likeness (QED) is 0.765. The molecule has 0 aliphatic carbocycles. The molecule has 1 fully saturated rings. The fourth-order valence-electron chi connectivity index (χ4n) is 3.39. The molecular formula is C20H16ClN3OS. The maximum Gasteiger partial charge on any atom is 0.229 e. The van der Waals surface area contributed by atoms with Gasteiger partial charge in [0, 0.05) is 23.0 Å². The van der Waals surface area contributed by atoms with Gasteiger partial charge in [-0.3, -0.25) is 9.69 Å². The Morgan fingerprint density at radius 3 is 2.58 bits per heavy atom. The number of carbonyl (C=O) groups is 1. The van der Waals surface area contributed by atoms with E-state index in [1.807, 2.05) is 48.5 Å². The lowest BCUT2D eigenvalue weighted by atomic mass is 9.86. The Balaban J connectivity index is 1.70. The highest BCUT2D eigenvalue weighted by atomic mass is 35.5. The van der Waals surface area contributed by atoms with Crippen LogP contribution >= 0.6 is 23.4 Å². The van der Waals surface area contributed by atoms with E-state index in [0.29, 0.717) is 23.1 Å². The number of amides is 1. The van der Waals surface area contributed by atoms with Gasteiger partial charge in [-0.2, -0.15) is 5.26 Å². The molecule has 2 aliphatic rings. The second-order valence-corrected chi connectivity index (χ2v) is 7.56. The van der Waals surface area contributed by atoms with E-state index in [-0.39, 0.29) is 18.2 Å². The molecule has 2 aromatic carbocycles. The van der Waals surface area contributed by atoms with E-state index in [2.05, 4.69) is 11.0 Å². The molecule has 1 amide bonds. The van der Waals surface area contributed by atoms with Gasteiger partial charge in [-0.1, -0.05) is 59.8 Å². The maximum absolute atomic E-state index is 12.9. The van der Waals surface area contributed by atoms with E-state index < -0.39 is 0 Å². The molecule has 0 N–H and O–H groups in total. The predicted octanol–water partition coefficient (Wildman–Crippen LogP) is 4.56. The molecule has 4 nitrogen and oxygen atoms in total. The number of fused-ring (bicyclic) bond motifs is 1. The molecule has 26 heavy (non-hydrogen) atoms. The van der Waals surface area contributed by atoms with Gasteiger partial charge in [-0.05, 0) is 23.8 Å². The number of anilines is 1. The van der Waals surface area contributed by atoms with E-state index in [4.69, 9.17) is 11.6 Å². The van der Waals surface area contributed by atoms with Crippen LogP contribution in [0.1, 0.15) is 17.9 Å². The summed E-state index contributed by atoms with van der Waals surface area (Å²) in [5, 5.41) is 11.2. The van der Waals surface area contributed by atoms with E-state index in [0.717, 1.165) is 16.3 Å². The van der Waals surface area contributed by atoms with Crippen LogP contribution in [-0.2, 0) is 4.79 Å². The third kappa shape index (κ3) is 2.96. The smallest absolute Gasteiger partial charge is 0.229 e. The monoisotopic (exact) mass is 381 g/mol. The summed E-state index contributed by atoms with van der Waals surface area (Å²) in [6.07, 6.45) is 0.263. The van der Waals surface area contributed by atoms with Gasteiger partial charge in [-0.25, -0.2) is 0 Å². The molecule has 0 bridgehead atoms. The molecule has 0 aromatic heterocycles. The lowest BCUT2D eigenvalue weighted by molar-refractivity contribution is -0.129. The van der Waals surface area contributed by atoms with Crippen LogP contribution < -0.4 is 4.90 Å². The molecular weight excluding hydrogens is 366 g/mol. The number of nitrogens with zero attached hydrogens (tertiary/aromatic N) is 3. The number of thioether (sulfide) groups is 1. The molecule has 0 unspecified atom stereocenters. The molecule has 2 aromatic rings. The second-order valence-electron chi connectivity index (χ2n) is 6.22. The van der Waals surface area contributed by atoms with Crippen LogP contribution in [0.5, 0.6) is 0 Å². The van der Waals surface area contributed by atoms with Gasteiger partial charge in [0.1, 0.15) is 0 Å². The van der Waals surface area contributed by atoms with Crippen LogP contribution in [0.15, 0.2) is 65.2 Å². The van der Waals surface area contributed by atoms with Crippen LogP contribution in [0.2, 0.25) is 5.02 Å². The third-order valence-corrected chi connectivity index (χ3v) is 6.19. The number of allylic oxidation sites excluding steroid dienone is 1. The Labute approximate surface area is 161 Å². The molecule has 130 valence electrons. The van der Waals surface area contributed by atoms with Crippen molar-refractivity contribution in [2.24, 2.45) is 0 Å². The van der Waals surface area contributed by atoms with Crippen molar-refractivity contribution in [1.29, 1.82) is 5.26 Å². The lowest BCUT2D eigenvalue weighted by Crippen LogP contribution is -2.47. The molecule has 1 atom stereocenters. The van der Waals surface area contributed by atoms with Crippen molar-refractivity contribution in [3.8, 4) is 6.07 Å². The third-order valence-electron chi connectivity index (χ3n) is 4.70. The highest BCUT2D eigenvalue weighted by Gasteiger charge is 2.38. The summed E-state index contributed by atoms with van der Waals surface area (Å²) < 4.78 is 0. The van der Waals surface area contributed by atoms with Crippen LogP contribution in [-0.4, -0.2) is 23.4 Å². The van der Waals surface area contributed by atoms with Gasteiger partial charge in [0.05, 0.1) is 29.2 Å². The first-order valence-corrected chi connectivity index (χ1v) is 9.67. The van der Waals surface area contributed by atoms with Gasteiger partial charge in [0.2, 0.25) is 5.91 Å². The zero-order valence-corrected chi connectivity index (χ0v) is 15.5. The largest absolute Gasteiger partial charge is 0.344 e. The van der Waals surface area contributed by atoms with Gasteiger partial charge >= 0.3 is 0 Å². The molecule has 2 heterocycles. The zero-order chi connectivity index (χ0) is 18.1. The Morgan fingerprint density at radius 1 is 1.12 bits per heavy atom. The predicted molar refractivity (Wildman–Crippen MR) is 105 cm³/mol. The van der Waals surface area contributed by atoms with Crippen molar-refractivity contribution in [2.45, 2.75) is 12.3 Å². The number of benzene rings is 2. The van der Waals surface area contributed by atoms with Crippen LogP contribution in [0, 0.1) is 11.3 Å². The van der Waals surface area contributed by atoms with Gasteiger partial charge in [0.25, 0.3) is 0 Å². The standard InChI is InChI=1S/C20H16ClN3OS/c21-18-9-5-4-8-15(18)16-10-19(25)24-12-23(14-6-2-1-3-7-14)13-26-20(24)17(16)11-22/h1-9,16H,10,12-13H2/t16-/m1/s1. The molecule has 4 rings (SSSR count). The highest BCUT2D eigenvalue weighted by Crippen LogP contribution is 2.44. The minimum absolute atomic E-state index is 0.0250. The van der Waals surface area contributed by atoms with Crippen LogP contribution in [0.4, 0.5) is 5.69 Å². The minimum Gasteiger partial charge on any atom is -0.344 e. The van der Waals surface area contributed by atoms with Crippen LogP contribution in [0.25, 0.3) is 0 Å². The average Bonchev–Trinajstić information content (AvgIpc) is 2.69. The molecule has 0 spiro atoms. The van der Waals surface area contributed by atoms with E-state index in [9.17, 15) is 10.1 Å². The topological polar surface area (TPSA) is 47.3 Å². The highest BCUT2D eigenvalue weighted by molar-refractivity contribution is 8.03. The van der Waals surface area contributed by atoms with Crippen molar-refractivity contribution < 1.29 is 4.79 Å². The summed E-state index contributed by atoms with van der Waals surface area (Å²) >= 11 is 7.87. The fraction of sp³-hybridized carbons (Fsp3) is 0.200. The summed E-state index contributed by atoms with van der Waals surface area (Å²) in [7, 11) is 0. The minimum atomic E-state index is -0.275. The van der Waals surface area contributed by atoms with Gasteiger partial charge in [0.15, 0.2) is 0 Å². The van der Waals surface area contributed by atoms with Gasteiger partial charge < -0.3 is 4.90 Å². The number of rotatable bonds is 2. The Hall–Kier alpha value is -2.42. The fourth-order valence-corrected chi connectivity index (χ4v) is 4.82. The van der Waals surface area contributed by atoms with E-state index in [1.165, 1.54) is 11.8 Å². The average molecular weight is 382 g/mol. The molecule has 0 radical (unpaired) electrons. The molecule has 6 heteroatoms. The Bertz CT molecular complexity index is 922. The van der Waals surface area contributed by atoms with E-state index in [1.54, 1.807) is 11.0 Å². The first-order chi connectivity index (χ1) is 12.7. The SMILES string of the molecule is N#CC1=C2SCN(c3ccccc3)CN2C(=O)C[C@@H]1c1ccccc1Cl. The zero-order valence-electron chi connectivity index (χ0n) is 13.9. The van der Waals surface area contributed by atoms with Crippen molar-refractivity contribution >= 4 is 35.0 Å². The van der Waals surface area contributed by atoms with Crippen molar-refractivity contribution in [3.63, 3.8) is 0 Å². The number of para-hydroxylation sites is 1. The summed E-state index contributed by atoms with van der Waals surface area (Å²) in [6.45, 7) is 0.464. The van der Waals surface area contributed by atoms with E-state index >= 15 is 0 Å². The summed E-state index contributed by atoms with van der Waals surface area (Å²) in [5.41, 5.74) is 2.55. The molecule has 0 saturated carbocycles. The summed E-state index contributed by atoms with van der Waals surface area (Å²) in [4.78, 5) is 16.7.